The summed E-state index contributed by atoms with van der Waals surface area (Å²) in [5, 5.41) is 6.38. The molecule has 0 unspecified atom stereocenters. The van der Waals surface area contributed by atoms with Crippen LogP contribution in [0.5, 0.6) is 0 Å². The molecule has 0 saturated carbocycles. The fourth-order valence-corrected chi connectivity index (χ4v) is 3.97. The Kier molecular flexibility index (Phi) is 6.25. The molecule has 2 N–H and O–H groups in total. The van der Waals surface area contributed by atoms with Crippen LogP contribution < -0.4 is 10.6 Å². The first kappa shape index (κ1) is 20.6. The van der Waals surface area contributed by atoms with Gasteiger partial charge in [-0.05, 0) is 48.9 Å². The molecule has 0 bridgehead atoms. The Bertz CT molecular complexity index is 1090. The first-order valence-corrected chi connectivity index (χ1v) is 9.83. The summed E-state index contributed by atoms with van der Waals surface area (Å²) in [6.07, 6.45) is 0. The minimum Gasteiger partial charge on any atom is -0.320 e. The van der Waals surface area contributed by atoms with Gasteiger partial charge in [-0.15, -0.1) is 11.3 Å². The van der Waals surface area contributed by atoms with Crippen molar-refractivity contribution in [3.05, 3.63) is 79.4 Å². The Morgan fingerprint density at radius 3 is 2.43 bits per heavy atom. The average Bonchev–Trinajstić information content (AvgIpc) is 2.99. The molecule has 2 amide bonds. The van der Waals surface area contributed by atoms with Gasteiger partial charge in [-0.3, -0.25) is 9.59 Å². The molecule has 0 radical (unpaired) electrons. The normalized spacial score (nSPS) is 10.6. The lowest BCUT2D eigenvalue weighted by atomic mass is 10.2. The third-order valence-electron chi connectivity index (χ3n) is 3.74. The van der Waals surface area contributed by atoms with E-state index in [1.807, 2.05) is 0 Å². The number of hydrogen-bond acceptors (Lipinski definition) is 3. The van der Waals surface area contributed by atoms with Gasteiger partial charge in [0, 0.05) is 0 Å². The second kappa shape index (κ2) is 8.49. The van der Waals surface area contributed by atoms with Crippen molar-refractivity contribution in [2.24, 2.45) is 0 Å². The highest BCUT2D eigenvalue weighted by Gasteiger charge is 2.18. The molecule has 9 heteroatoms. The molecule has 3 rings (SSSR count). The smallest absolute Gasteiger partial charge is 0.266 e. The molecular weight excluding hydrogens is 446 g/mol. The van der Waals surface area contributed by atoms with Crippen molar-refractivity contribution in [2.45, 2.75) is 6.92 Å². The number of anilines is 2. The largest absolute Gasteiger partial charge is 0.320 e. The zero-order chi connectivity index (χ0) is 20.4. The lowest BCUT2D eigenvalue weighted by Crippen LogP contribution is -2.12. The summed E-state index contributed by atoms with van der Waals surface area (Å²) in [4.78, 5) is 25.3. The number of aryl methyl sites for hydroxylation is 1. The topological polar surface area (TPSA) is 58.2 Å². The molecule has 0 fully saturated rings. The maximum absolute atomic E-state index is 13.1. The van der Waals surface area contributed by atoms with Gasteiger partial charge in [0.05, 0.1) is 36.2 Å². The summed E-state index contributed by atoms with van der Waals surface area (Å²) < 4.78 is 13.1. The molecule has 0 spiro atoms. The molecule has 1 heterocycles. The maximum atomic E-state index is 13.1. The van der Waals surface area contributed by atoms with E-state index in [0.717, 1.165) is 23.5 Å². The van der Waals surface area contributed by atoms with E-state index in [0.29, 0.717) is 26.2 Å². The summed E-state index contributed by atoms with van der Waals surface area (Å²) >= 11 is 19.0. The third-order valence-corrected chi connectivity index (χ3v) is 6.02. The number of halogens is 4. The van der Waals surface area contributed by atoms with Crippen LogP contribution in [0.1, 0.15) is 25.6 Å². The van der Waals surface area contributed by atoms with Gasteiger partial charge in [0.1, 0.15) is 5.82 Å². The summed E-state index contributed by atoms with van der Waals surface area (Å²) in [6, 6.07) is 10.1. The van der Waals surface area contributed by atoms with Crippen LogP contribution in [-0.2, 0) is 0 Å². The van der Waals surface area contributed by atoms with E-state index in [1.54, 1.807) is 31.2 Å². The second-order valence-corrected chi connectivity index (χ2v) is 8.00. The molecule has 4 nitrogen and oxygen atoms in total. The molecule has 28 heavy (non-hydrogen) atoms. The molecule has 2 aromatic carbocycles. The van der Waals surface area contributed by atoms with Gasteiger partial charge in [-0.2, -0.15) is 0 Å². The van der Waals surface area contributed by atoms with Crippen LogP contribution in [0.2, 0.25) is 15.1 Å². The van der Waals surface area contributed by atoms with Gasteiger partial charge in [0.25, 0.3) is 11.8 Å². The SMILES string of the molecule is Cc1cc(NC(=O)c2ccc(F)cc2Cl)sc1C(=O)Nc1cccc(Cl)c1Cl. The van der Waals surface area contributed by atoms with Crippen LogP contribution in [-0.4, -0.2) is 11.8 Å². The Hall–Kier alpha value is -2.12. The van der Waals surface area contributed by atoms with Crippen molar-refractivity contribution in [2.75, 3.05) is 10.6 Å². The fourth-order valence-electron chi connectivity index (χ4n) is 2.40. The van der Waals surface area contributed by atoms with E-state index < -0.39 is 11.7 Å². The molecule has 144 valence electrons. The van der Waals surface area contributed by atoms with Crippen molar-refractivity contribution in [3.63, 3.8) is 0 Å². The van der Waals surface area contributed by atoms with Crippen LogP contribution in [0.25, 0.3) is 0 Å². The summed E-state index contributed by atoms with van der Waals surface area (Å²) in [5.74, 6) is -1.42. The Balaban J connectivity index is 1.78. The van der Waals surface area contributed by atoms with Crippen molar-refractivity contribution in [1.82, 2.24) is 0 Å². The van der Waals surface area contributed by atoms with E-state index in [2.05, 4.69) is 10.6 Å². The number of benzene rings is 2. The van der Waals surface area contributed by atoms with Gasteiger partial charge in [0.15, 0.2) is 0 Å². The number of nitrogens with one attached hydrogen (secondary N) is 2. The van der Waals surface area contributed by atoms with Crippen LogP contribution >= 0.6 is 46.1 Å². The Morgan fingerprint density at radius 2 is 1.71 bits per heavy atom. The monoisotopic (exact) mass is 456 g/mol. The van der Waals surface area contributed by atoms with Crippen LogP contribution in [0.3, 0.4) is 0 Å². The number of carbonyl (C=O) groups is 2. The zero-order valence-electron chi connectivity index (χ0n) is 14.3. The van der Waals surface area contributed by atoms with Crippen LogP contribution in [0.15, 0.2) is 42.5 Å². The van der Waals surface area contributed by atoms with Gasteiger partial charge in [0.2, 0.25) is 0 Å². The number of hydrogen-bond donors (Lipinski definition) is 2. The molecule has 3 aromatic rings. The lowest BCUT2D eigenvalue weighted by molar-refractivity contribution is 0.102. The van der Waals surface area contributed by atoms with Crippen molar-refractivity contribution < 1.29 is 14.0 Å². The van der Waals surface area contributed by atoms with Crippen molar-refractivity contribution in [3.8, 4) is 0 Å². The lowest BCUT2D eigenvalue weighted by Gasteiger charge is -2.07. The van der Waals surface area contributed by atoms with Gasteiger partial charge in [-0.1, -0.05) is 40.9 Å². The van der Waals surface area contributed by atoms with Crippen LogP contribution in [0.4, 0.5) is 15.1 Å². The predicted octanol–water partition coefficient (Wildman–Crippen LogP) is 6.66. The van der Waals surface area contributed by atoms with Gasteiger partial charge >= 0.3 is 0 Å². The first-order chi connectivity index (χ1) is 13.3. The molecule has 1 aromatic heterocycles. The third kappa shape index (κ3) is 4.47. The highest BCUT2D eigenvalue weighted by Crippen LogP contribution is 2.32. The fraction of sp³-hybridized carbons (Fsp3) is 0.0526. The quantitative estimate of drug-likeness (QED) is 0.460. The van der Waals surface area contributed by atoms with E-state index in [1.165, 1.54) is 6.07 Å². The van der Waals surface area contributed by atoms with E-state index in [4.69, 9.17) is 34.8 Å². The second-order valence-electron chi connectivity index (χ2n) is 5.76. The highest BCUT2D eigenvalue weighted by atomic mass is 35.5. The Labute approximate surface area is 179 Å². The molecule has 0 saturated heterocycles. The van der Waals surface area contributed by atoms with Crippen molar-refractivity contribution >= 4 is 68.6 Å². The molecule has 0 aliphatic rings. The highest BCUT2D eigenvalue weighted by molar-refractivity contribution is 7.18. The number of thiophene rings is 1. The number of amides is 2. The standard InChI is InChI=1S/C19H12Cl3FN2O2S/c1-9-7-15(25-18(26)11-6-5-10(23)8-13(11)21)28-17(9)19(27)24-14-4-2-3-12(20)16(14)22/h2-8H,1H3,(H,24,27)(H,25,26). The summed E-state index contributed by atoms with van der Waals surface area (Å²) in [6.45, 7) is 1.74. The van der Waals surface area contributed by atoms with Gasteiger partial charge in [-0.25, -0.2) is 4.39 Å². The summed E-state index contributed by atoms with van der Waals surface area (Å²) in [7, 11) is 0. The molecule has 0 aliphatic carbocycles. The number of rotatable bonds is 4. The predicted molar refractivity (Wildman–Crippen MR) is 113 cm³/mol. The molecule has 0 aliphatic heterocycles. The van der Waals surface area contributed by atoms with Crippen molar-refractivity contribution in [1.29, 1.82) is 0 Å². The Morgan fingerprint density at radius 1 is 0.964 bits per heavy atom. The minimum atomic E-state index is -0.535. The van der Waals surface area contributed by atoms with Crippen LogP contribution in [0, 0.1) is 12.7 Å². The molecular formula is C19H12Cl3FN2O2S. The van der Waals surface area contributed by atoms with E-state index in [9.17, 15) is 14.0 Å². The van der Waals surface area contributed by atoms with Gasteiger partial charge < -0.3 is 10.6 Å². The van der Waals surface area contributed by atoms with E-state index >= 15 is 0 Å². The molecule has 0 atom stereocenters. The minimum absolute atomic E-state index is 0.000609. The summed E-state index contributed by atoms with van der Waals surface area (Å²) in [5.41, 5.74) is 1.18. The number of carbonyl (C=O) groups excluding carboxylic acids is 2. The van der Waals surface area contributed by atoms with E-state index in [-0.39, 0.29) is 21.5 Å². The zero-order valence-corrected chi connectivity index (χ0v) is 17.4. The first-order valence-electron chi connectivity index (χ1n) is 7.88. The average molecular weight is 458 g/mol. The maximum Gasteiger partial charge on any atom is 0.266 e.